The first-order valence-corrected chi connectivity index (χ1v) is 11.5. The molecule has 0 bridgehead atoms. The maximum absolute atomic E-state index is 12.8. The molecular formula is C27H32N4O3. The van der Waals surface area contributed by atoms with Crippen LogP contribution in [0.2, 0.25) is 0 Å². The zero-order chi connectivity index (χ0) is 24.2. The van der Waals surface area contributed by atoms with Gasteiger partial charge in [0.2, 0.25) is 5.91 Å². The highest BCUT2D eigenvalue weighted by atomic mass is 16.5. The van der Waals surface area contributed by atoms with Crippen LogP contribution in [0.1, 0.15) is 30.4 Å². The summed E-state index contributed by atoms with van der Waals surface area (Å²) in [5.41, 5.74) is 9.01. The number of carbonyl (C=O) groups excluding carboxylic acids is 2. The summed E-state index contributed by atoms with van der Waals surface area (Å²) in [5.74, 6) is 0.370. The smallest absolute Gasteiger partial charge is 0.319 e. The SMILES string of the molecule is Cc1ccc(NC(=O)[C@@H](CCCCN)NC(=O)Nc2cccc(OCc3ccccc3)c2)cc1. The van der Waals surface area contributed by atoms with Crippen molar-refractivity contribution in [1.29, 1.82) is 0 Å². The molecule has 3 aromatic carbocycles. The van der Waals surface area contributed by atoms with Crippen molar-refractivity contribution < 1.29 is 14.3 Å². The molecule has 34 heavy (non-hydrogen) atoms. The highest BCUT2D eigenvalue weighted by Gasteiger charge is 2.20. The highest BCUT2D eigenvalue weighted by Crippen LogP contribution is 2.19. The zero-order valence-electron chi connectivity index (χ0n) is 19.4. The molecule has 0 heterocycles. The Morgan fingerprint density at radius 3 is 2.38 bits per heavy atom. The number of anilines is 2. The van der Waals surface area contributed by atoms with Crippen LogP contribution in [0.5, 0.6) is 5.75 Å². The number of ether oxygens (including phenoxy) is 1. The van der Waals surface area contributed by atoms with Crippen LogP contribution in [0, 0.1) is 6.92 Å². The third-order valence-corrected chi connectivity index (χ3v) is 5.23. The van der Waals surface area contributed by atoms with Crippen molar-refractivity contribution in [2.24, 2.45) is 5.73 Å². The second-order valence-electron chi connectivity index (χ2n) is 8.09. The predicted octanol–water partition coefficient (Wildman–Crippen LogP) is 4.83. The van der Waals surface area contributed by atoms with Crippen molar-refractivity contribution >= 4 is 23.3 Å². The Morgan fingerprint density at radius 1 is 0.882 bits per heavy atom. The number of hydrogen-bond acceptors (Lipinski definition) is 4. The molecule has 178 valence electrons. The average molecular weight is 461 g/mol. The molecule has 3 amide bonds. The maximum Gasteiger partial charge on any atom is 0.319 e. The molecular weight excluding hydrogens is 428 g/mol. The van der Waals surface area contributed by atoms with Crippen LogP contribution in [0.25, 0.3) is 0 Å². The van der Waals surface area contributed by atoms with Gasteiger partial charge in [0.1, 0.15) is 18.4 Å². The number of unbranched alkanes of at least 4 members (excludes halogenated alkanes) is 1. The summed E-state index contributed by atoms with van der Waals surface area (Å²) in [6, 6.07) is 23.4. The summed E-state index contributed by atoms with van der Waals surface area (Å²) in [6.45, 7) is 2.95. The van der Waals surface area contributed by atoms with Gasteiger partial charge in [-0.1, -0.05) is 54.1 Å². The van der Waals surface area contributed by atoms with E-state index < -0.39 is 12.1 Å². The molecule has 0 aromatic heterocycles. The first-order valence-electron chi connectivity index (χ1n) is 11.5. The molecule has 0 unspecified atom stereocenters. The number of benzene rings is 3. The van der Waals surface area contributed by atoms with Gasteiger partial charge in [-0.05, 0) is 62.6 Å². The number of hydrogen-bond donors (Lipinski definition) is 4. The van der Waals surface area contributed by atoms with Gasteiger partial charge < -0.3 is 26.4 Å². The van der Waals surface area contributed by atoms with Crippen molar-refractivity contribution in [3.8, 4) is 5.75 Å². The molecule has 7 nitrogen and oxygen atoms in total. The van der Waals surface area contributed by atoms with Crippen molar-refractivity contribution in [1.82, 2.24) is 5.32 Å². The van der Waals surface area contributed by atoms with E-state index in [9.17, 15) is 9.59 Å². The molecule has 0 saturated heterocycles. The Kier molecular flexibility index (Phi) is 9.49. The van der Waals surface area contributed by atoms with Crippen LogP contribution in [-0.4, -0.2) is 24.5 Å². The first-order chi connectivity index (χ1) is 16.5. The lowest BCUT2D eigenvalue weighted by Crippen LogP contribution is -2.45. The molecule has 0 aliphatic rings. The van der Waals surface area contributed by atoms with E-state index in [0.717, 1.165) is 24.0 Å². The van der Waals surface area contributed by atoms with Crippen molar-refractivity contribution in [2.45, 2.75) is 38.8 Å². The van der Waals surface area contributed by atoms with Crippen molar-refractivity contribution in [2.75, 3.05) is 17.2 Å². The van der Waals surface area contributed by atoms with Gasteiger partial charge in [-0.3, -0.25) is 4.79 Å². The third kappa shape index (κ3) is 8.26. The van der Waals surface area contributed by atoms with E-state index >= 15 is 0 Å². The van der Waals surface area contributed by atoms with Crippen LogP contribution in [-0.2, 0) is 11.4 Å². The molecule has 0 radical (unpaired) electrons. The van der Waals surface area contributed by atoms with Gasteiger partial charge in [0.05, 0.1) is 0 Å². The lowest BCUT2D eigenvalue weighted by atomic mass is 10.1. The second-order valence-corrected chi connectivity index (χ2v) is 8.09. The number of urea groups is 1. The van der Waals surface area contributed by atoms with E-state index in [1.54, 1.807) is 18.2 Å². The van der Waals surface area contributed by atoms with Crippen molar-refractivity contribution in [3.63, 3.8) is 0 Å². The van der Waals surface area contributed by atoms with Crippen LogP contribution in [0.15, 0.2) is 78.9 Å². The number of carbonyl (C=O) groups is 2. The summed E-state index contributed by atoms with van der Waals surface area (Å²) >= 11 is 0. The van der Waals surface area contributed by atoms with Gasteiger partial charge in [-0.15, -0.1) is 0 Å². The van der Waals surface area contributed by atoms with Crippen molar-refractivity contribution in [3.05, 3.63) is 90.0 Å². The van der Waals surface area contributed by atoms with E-state index in [-0.39, 0.29) is 5.91 Å². The first kappa shape index (κ1) is 24.8. The largest absolute Gasteiger partial charge is 0.489 e. The fourth-order valence-corrected chi connectivity index (χ4v) is 3.36. The van der Waals surface area contributed by atoms with E-state index in [1.807, 2.05) is 67.6 Å². The minimum Gasteiger partial charge on any atom is -0.489 e. The Balaban J connectivity index is 1.58. The predicted molar refractivity (Wildman–Crippen MR) is 136 cm³/mol. The maximum atomic E-state index is 12.8. The summed E-state index contributed by atoms with van der Waals surface area (Å²) in [6.07, 6.45) is 1.99. The minimum atomic E-state index is -0.689. The lowest BCUT2D eigenvalue weighted by molar-refractivity contribution is -0.118. The van der Waals surface area contributed by atoms with Crippen LogP contribution >= 0.6 is 0 Å². The minimum absolute atomic E-state index is 0.268. The summed E-state index contributed by atoms with van der Waals surface area (Å²) in [5, 5.41) is 8.46. The van der Waals surface area contributed by atoms with E-state index in [1.165, 1.54) is 0 Å². The topological polar surface area (TPSA) is 105 Å². The molecule has 0 spiro atoms. The van der Waals surface area contributed by atoms with Gasteiger partial charge >= 0.3 is 6.03 Å². The molecule has 0 saturated carbocycles. The molecule has 1 atom stereocenters. The normalized spacial score (nSPS) is 11.4. The Bertz CT molecular complexity index is 1050. The Labute approximate surface area is 200 Å². The number of nitrogens with one attached hydrogen (secondary N) is 3. The molecule has 5 N–H and O–H groups in total. The number of amides is 3. The number of nitrogens with two attached hydrogens (primary N) is 1. The molecule has 0 aliphatic heterocycles. The number of aryl methyl sites for hydroxylation is 1. The Hall–Kier alpha value is -3.84. The van der Waals surface area contributed by atoms with Crippen LogP contribution in [0.4, 0.5) is 16.2 Å². The van der Waals surface area contributed by atoms with E-state index in [2.05, 4.69) is 16.0 Å². The molecule has 3 rings (SSSR count). The number of rotatable bonds is 11. The van der Waals surface area contributed by atoms with Gasteiger partial charge in [0, 0.05) is 17.4 Å². The van der Waals surface area contributed by atoms with E-state index in [0.29, 0.717) is 36.7 Å². The molecule has 0 aliphatic carbocycles. The highest BCUT2D eigenvalue weighted by molar-refractivity contribution is 5.99. The third-order valence-electron chi connectivity index (χ3n) is 5.23. The fourth-order valence-electron chi connectivity index (χ4n) is 3.36. The van der Waals surface area contributed by atoms with Crippen LogP contribution in [0.3, 0.4) is 0 Å². The fraction of sp³-hybridized carbons (Fsp3) is 0.259. The second kappa shape index (κ2) is 13.0. The Morgan fingerprint density at radius 2 is 1.65 bits per heavy atom. The van der Waals surface area contributed by atoms with Gasteiger partial charge in [0.25, 0.3) is 0 Å². The van der Waals surface area contributed by atoms with Gasteiger partial charge in [0.15, 0.2) is 0 Å². The van der Waals surface area contributed by atoms with Gasteiger partial charge in [-0.2, -0.15) is 0 Å². The standard InChI is InChI=1S/C27H32N4O3/c1-20-13-15-22(16-14-20)29-26(32)25(12-5-6-17-28)31-27(33)30-23-10-7-11-24(18-23)34-19-21-8-3-2-4-9-21/h2-4,7-11,13-16,18,25H,5-6,12,17,19,28H2,1H3,(H,29,32)(H2,30,31,33)/t25-/m1/s1. The average Bonchev–Trinajstić information content (AvgIpc) is 2.84. The van der Waals surface area contributed by atoms with Gasteiger partial charge in [-0.25, -0.2) is 4.79 Å². The lowest BCUT2D eigenvalue weighted by Gasteiger charge is -2.19. The zero-order valence-corrected chi connectivity index (χ0v) is 19.4. The summed E-state index contributed by atoms with van der Waals surface area (Å²) in [7, 11) is 0. The van der Waals surface area contributed by atoms with E-state index in [4.69, 9.17) is 10.5 Å². The molecule has 7 heteroatoms. The monoisotopic (exact) mass is 460 g/mol. The van der Waals surface area contributed by atoms with Crippen LogP contribution < -0.4 is 26.4 Å². The summed E-state index contributed by atoms with van der Waals surface area (Å²) in [4.78, 5) is 25.5. The quantitative estimate of drug-likeness (QED) is 0.308. The summed E-state index contributed by atoms with van der Waals surface area (Å²) < 4.78 is 5.83. The molecule has 0 fully saturated rings. The molecule has 3 aromatic rings.